The molecular weight excluding hydrogens is 276 g/mol. The first-order valence-electron chi connectivity index (χ1n) is 4.82. The lowest BCUT2D eigenvalue weighted by molar-refractivity contribution is -0.155. The minimum Gasteiger partial charge on any atom is -0.450 e. The Morgan fingerprint density at radius 1 is 1.38 bits per heavy atom. The molecule has 1 fully saturated rings. The minimum atomic E-state index is -0.754. The van der Waals surface area contributed by atoms with Crippen LogP contribution in [0.3, 0.4) is 0 Å². The number of carbonyl (C=O) groups excluding carboxylic acids is 2. The molecule has 1 heterocycles. The van der Waals surface area contributed by atoms with Crippen molar-refractivity contribution >= 4 is 27.9 Å². The van der Waals surface area contributed by atoms with Gasteiger partial charge in [0.15, 0.2) is 6.10 Å². The number of cyclic esters (lactones) is 1. The van der Waals surface area contributed by atoms with Gasteiger partial charge in [-0.25, -0.2) is 4.79 Å². The van der Waals surface area contributed by atoms with Crippen molar-refractivity contribution in [2.24, 2.45) is 0 Å². The van der Waals surface area contributed by atoms with Crippen molar-refractivity contribution in [2.45, 2.75) is 18.9 Å². The molecule has 0 bridgehead atoms. The van der Waals surface area contributed by atoms with Gasteiger partial charge in [0.05, 0.1) is 0 Å². The summed E-state index contributed by atoms with van der Waals surface area (Å²) >= 11 is 3.28. The number of halogens is 1. The fourth-order valence-electron chi connectivity index (χ4n) is 1.38. The highest BCUT2D eigenvalue weighted by Crippen LogP contribution is 2.19. The Balaban J connectivity index is 1.97. The highest BCUT2D eigenvalue weighted by Gasteiger charge is 2.31. The summed E-state index contributed by atoms with van der Waals surface area (Å²) in [6, 6.07) is 6.87. The van der Waals surface area contributed by atoms with Gasteiger partial charge in [-0.15, -0.1) is 0 Å². The molecule has 0 aliphatic carbocycles. The number of hydrogen-bond acceptors (Lipinski definition) is 4. The van der Waals surface area contributed by atoms with Crippen LogP contribution in [0.1, 0.15) is 12.8 Å². The van der Waals surface area contributed by atoms with Gasteiger partial charge in [-0.2, -0.15) is 0 Å². The first-order valence-corrected chi connectivity index (χ1v) is 5.61. The van der Waals surface area contributed by atoms with Gasteiger partial charge in [-0.05, 0) is 24.3 Å². The number of hydrogen-bond donors (Lipinski definition) is 0. The van der Waals surface area contributed by atoms with E-state index in [2.05, 4.69) is 15.9 Å². The van der Waals surface area contributed by atoms with Crippen molar-refractivity contribution in [3.05, 3.63) is 28.7 Å². The summed E-state index contributed by atoms with van der Waals surface area (Å²) in [7, 11) is 0. The highest BCUT2D eigenvalue weighted by molar-refractivity contribution is 9.10. The maximum absolute atomic E-state index is 11.5. The Morgan fingerprint density at radius 2 is 2.06 bits per heavy atom. The van der Waals surface area contributed by atoms with Crippen molar-refractivity contribution < 1.29 is 19.1 Å². The molecule has 5 heteroatoms. The third kappa shape index (κ3) is 2.61. The molecule has 0 saturated carbocycles. The van der Waals surface area contributed by atoms with Crippen LogP contribution in [-0.2, 0) is 14.3 Å². The van der Waals surface area contributed by atoms with Crippen LogP contribution in [0.15, 0.2) is 28.7 Å². The van der Waals surface area contributed by atoms with Crippen molar-refractivity contribution in [1.29, 1.82) is 0 Å². The molecule has 0 amide bonds. The molecule has 0 N–H and O–H groups in total. The van der Waals surface area contributed by atoms with Crippen molar-refractivity contribution in [3.8, 4) is 5.75 Å². The Bertz CT molecular complexity index is 412. The zero-order valence-electron chi connectivity index (χ0n) is 8.31. The van der Waals surface area contributed by atoms with Crippen LogP contribution in [0.5, 0.6) is 5.75 Å². The van der Waals surface area contributed by atoms with E-state index in [9.17, 15) is 9.59 Å². The van der Waals surface area contributed by atoms with E-state index in [-0.39, 0.29) is 12.4 Å². The lowest BCUT2D eigenvalue weighted by atomic mass is 10.2. The standard InChI is InChI=1S/C11H9BrO4/c12-7-1-3-8(4-2-7)15-11(14)9-5-6-10(13)16-9/h1-4,9H,5-6H2/t9-/m0/s1. The second-order valence-electron chi connectivity index (χ2n) is 3.39. The number of benzene rings is 1. The molecule has 1 aliphatic rings. The van der Waals surface area contributed by atoms with E-state index in [1.165, 1.54) is 0 Å². The van der Waals surface area contributed by atoms with Crippen molar-refractivity contribution in [2.75, 3.05) is 0 Å². The van der Waals surface area contributed by atoms with Gasteiger partial charge in [-0.1, -0.05) is 15.9 Å². The first kappa shape index (κ1) is 11.1. The van der Waals surface area contributed by atoms with Crippen LogP contribution in [0, 0.1) is 0 Å². The van der Waals surface area contributed by atoms with Gasteiger partial charge in [-0.3, -0.25) is 4.79 Å². The molecular formula is C11H9BrO4. The fourth-order valence-corrected chi connectivity index (χ4v) is 1.64. The second-order valence-corrected chi connectivity index (χ2v) is 4.31. The Morgan fingerprint density at radius 3 is 2.62 bits per heavy atom. The van der Waals surface area contributed by atoms with E-state index in [0.717, 1.165) is 4.47 Å². The number of carbonyl (C=O) groups is 2. The summed E-state index contributed by atoms with van der Waals surface area (Å²) in [6.45, 7) is 0. The fraction of sp³-hybridized carbons (Fsp3) is 0.273. The molecule has 0 spiro atoms. The number of rotatable bonds is 2. The molecule has 0 aromatic heterocycles. The Hall–Kier alpha value is -1.36. The average Bonchev–Trinajstić information content (AvgIpc) is 2.68. The normalized spacial score (nSPS) is 19.3. The molecule has 16 heavy (non-hydrogen) atoms. The van der Waals surface area contributed by atoms with Gasteiger partial charge in [0.1, 0.15) is 5.75 Å². The van der Waals surface area contributed by atoms with E-state index in [0.29, 0.717) is 12.2 Å². The lowest BCUT2D eigenvalue weighted by Gasteiger charge is -2.08. The number of esters is 2. The topological polar surface area (TPSA) is 52.6 Å². The van der Waals surface area contributed by atoms with Gasteiger partial charge in [0, 0.05) is 17.3 Å². The number of ether oxygens (including phenoxy) is 2. The predicted molar refractivity (Wildman–Crippen MR) is 58.9 cm³/mol. The lowest BCUT2D eigenvalue weighted by Crippen LogP contribution is -2.25. The first-order chi connectivity index (χ1) is 7.65. The Kier molecular flexibility index (Phi) is 3.24. The van der Waals surface area contributed by atoms with Crippen LogP contribution in [-0.4, -0.2) is 18.0 Å². The molecule has 2 rings (SSSR count). The zero-order chi connectivity index (χ0) is 11.5. The monoisotopic (exact) mass is 284 g/mol. The molecule has 1 aromatic rings. The molecule has 1 atom stereocenters. The maximum atomic E-state index is 11.5. The van der Waals surface area contributed by atoms with E-state index < -0.39 is 12.1 Å². The molecule has 1 saturated heterocycles. The summed E-state index contributed by atoms with van der Waals surface area (Å²) in [4.78, 5) is 22.4. The van der Waals surface area contributed by atoms with E-state index in [4.69, 9.17) is 9.47 Å². The van der Waals surface area contributed by atoms with Crippen molar-refractivity contribution in [1.82, 2.24) is 0 Å². The third-order valence-electron chi connectivity index (χ3n) is 2.18. The largest absolute Gasteiger partial charge is 0.450 e. The van der Waals surface area contributed by atoms with Crippen LogP contribution < -0.4 is 4.74 Å². The van der Waals surface area contributed by atoms with Crippen LogP contribution in [0.25, 0.3) is 0 Å². The Labute approximate surface area is 101 Å². The van der Waals surface area contributed by atoms with Crippen LogP contribution >= 0.6 is 15.9 Å². The molecule has 84 valence electrons. The zero-order valence-corrected chi connectivity index (χ0v) is 9.90. The van der Waals surface area contributed by atoms with Gasteiger partial charge < -0.3 is 9.47 Å². The second kappa shape index (κ2) is 4.65. The third-order valence-corrected chi connectivity index (χ3v) is 2.71. The summed E-state index contributed by atoms with van der Waals surface area (Å²) in [6.07, 6.45) is -0.0787. The molecule has 1 aliphatic heterocycles. The summed E-state index contributed by atoms with van der Waals surface area (Å²) in [5.74, 6) is -0.429. The predicted octanol–water partition coefficient (Wildman–Crippen LogP) is 2.06. The summed E-state index contributed by atoms with van der Waals surface area (Å²) in [5.41, 5.74) is 0. The summed E-state index contributed by atoms with van der Waals surface area (Å²) < 4.78 is 10.8. The molecule has 0 unspecified atom stereocenters. The summed E-state index contributed by atoms with van der Waals surface area (Å²) in [5, 5.41) is 0. The molecule has 0 radical (unpaired) electrons. The van der Waals surface area contributed by atoms with Gasteiger partial charge in [0.2, 0.25) is 0 Å². The van der Waals surface area contributed by atoms with Crippen LogP contribution in [0.4, 0.5) is 0 Å². The molecule has 4 nitrogen and oxygen atoms in total. The van der Waals surface area contributed by atoms with Crippen LogP contribution in [0.2, 0.25) is 0 Å². The maximum Gasteiger partial charge on any atom is 0.352 e. The van der Waals surface area contributed by atoms with Gasteiger partial charge in [0.25, 0.3) is 0 Å². The quantitative estimate of drug-likeness (QED) is 0.616. The minimum absolute atomic E-state index is 0.278. The van der Waals surface area contributed by atoms with E-state index >= 15 is 0 Å². The van der Waals surface area contributed by atoms with E-state index in [1.54, 1.807) is 24.3 Å². The average molecular weight is 285 g/mol. The SMILES string of the molecule is O=C1CC[C@@H](C(=O)Oc2ccc(Br)cc2)O1. The highest BCUT2D eigenvalue weighted by atomic mass is 79.9. The smallest absolute Gasteiger partial charge is 0.352 e. The van der Waals surface area contributed by atoms with Gasteiger partial charge >= 0.3 is 11.9 Å². The van der Waals surface area contributed by atoms with E-state index in [1.807, 2.05) is 0 Å². The molecule has 1 aromatic carbocycles. The van der Waals surface area contributed by atoms with Crippen molar-refractivity contribution in [3.63, 3.8) is 0 Å².